The van der Waals surface area contributed by atoms with E-state index in [4.69, 9.17) is 5.73 Å². The quantitative estimate of drug-likeness (QED) is 0.676. The molecule has 17 heavy (non-hydrogen) atoms. The van der Waals surface area contributed by atoms with Gasteiger partial charge in [-0.2, -0.15) is 0 Å². The third-order valence-electron chi connectivity index (χ3n) is 3.19. The van der Waals surface area contributed by atoms with Gasteiger partial charge >= 0.3 is 0 Å². The minimum atomic E-state index is 0.144. The van der Waals surface area contributed by atoms with Crippen LogP contribution >= 0.6 is 0 Å². The van der Waals surface area contributed by atoms with Gasteiger partial charge in [0.1, 0.15) is 0 Å². The average Bonchev–Trinajstić information content (AvgIpc) is 2.29. The van der Waals surface area contributed by atoms with Crippen LogP contribution in [0.25, 0.3) is 0 Å². The number of rotatable bonds is 9. The molecule has 2 N–H and O–H groups in total. The van der Waals surface area contributed by atoms with Crippen molar-refractivity contribution in [3.63, 3.8) is 0 Å². The van der Waals surface area contributed by atoms with Crippen LogP contribution in [0.3, 0.4) is 0 Å². The Morgan fingerprint density at radius 1 is 1.18 bits per heavy atom. The van der Waals surface area contributed by atoms with Crippen molar-refractivity contribution < 1.29 is 4.79 Å². The van der Waals surface area contributed by atoms with Crippen molar-refractivity contribution in [3.05, 3.63) is 0 Å². The van der Waals surface area contributed by atoms with Crippen LogP contribution in [0.5, 0.6) is 0 Å². The molecular weight excluding hydrogens is 212 g/mol. The lowest BCUT2D eigenvalue weighted by molar-refractivity contribution is -0.135. The summed E-state index contributed by atoms with van der Waals surface area (Å²) in [4.78, 5) is 14.1. The minimum absolute atomic E-state index is 0.144. The molecule has 0 saturated heterocycles. The zero-order chi connectivity index (χ0) is 13.3. The van der Waals surface area contributed by atoms with Crippen LogP contribution < -0.4 is 5.73 Å². The Balaban J connectivity index is 3.98. The summed E-state index contributed by atoms with van der Waals surface area (Å²) in [6.07, 6.45) is 5.27. The second-order valence-corrected chi connectivity index (χ2v) is 5.08. The van der Waals surface area contributed by atoms with E-state index < -0.39 is 0 Å². The van der Waals surface area contributed by atoms with E-state index in [2.05, 4.69) is 13.8 Å². The van der Waals surface area contributed by atoms with E-state index in [-0.39, 0.29) is 12.0 Å². The summed E-state index contributed by atoms with van der Waals surface area (Å²) in [5.74, 6) is 0.455. The number of hydrogen-bond acceptors (Lipinski definition) is 2. The van der Waals surface area contributed by atoms with Crippen LogP contribution in [0.4, 0.5) is 0 Å². The largest absolute Gasteiger partial charge is 0.343 e. The molecule has 0 bridgehead atoms. The smallest absolute Gasteiger partial charge is 0.225 e. The highest BCUT2D eigenvalue weighted by Crippen LogP contribution is 2.13. The molecule has 0 aromatic heterocycles. The van der Waals surface area contributed by atoms with Gasteiger partial charge in [0.05, 0.1) is 0 Å². The van der Waals surface area contributed by atoms with Crippen molar-refractivity contribution in [1.29, 1.82) is 0 Å². The van der Waals surface area contributed by atoms with Crippen LogP contribution in [0.15, 0.2) is 0 Å². The molecule has 2 atom stereocenters. The van der Waals surface area contributed by atoms with Crippen molar-refractivity contribution in [3.8, 4) is 0 Å². The SMILES string of the molecule is CCCCN(CC)C(=O)C(C)CCCC(C)N. The number of unbranched alkanes of at least 4 members (excludes halogenated alkanes) is 1. The first-order valence-corrected chi connectivity index (χ1v) is 7.07. The Morgan fingerprint density at radius 2 is 1.82 bits per heavy atom. The summed E-state index contributed by atoms with van der Waals surface area (Å²) in [5, 5.41) is 0. The van der Waals surface area contributed by atoms with Crippen molar-refractivity contribution in [2.45, 2.75) is 65.8 Å². The molecule has 0 aromatic rings. The third-order valence-corrected chi connectivity index (χ3v) is 3.19. The minimum Gasteiger partial charge on any atom is -0.343 e. The second kappa shape index (κ2) is 9.46. The summed E-state index contributed by atoms with van der Waals surface area (Å²) < 4.78 is 0. The van der Waals surface area contributed by atoms with Crippen LogP contribution in [-0.2, 0) is 4.79 Å². The molecule has 0 aliphatic carbocycles. The van der Waals surface area contributed by atoms with E-state index in [0.29, 0.717) is 5.91 Å². The Kier molecular flexibility index (Phi) is 9.14. The normalized spacial score (nSPS) is 14.4. The number of carbonyl (C=O) groups is 1. The molecule has 1 amide bonds. The summed E-state index contributed by atoms with van der Waals surface area (Å²) in [5.41, 5.74) is 5.71. The number of nitrogens with zero attached hydrogens (tertiary/aromatic N) is 1. The van der Waals surface area contributed by atoms with Crippen molar-refractivity contribution >= 4 is 5.91 Å². The molecule has 102 valence electrons. The maximum absolute atomic E-state index is 12.2. The Hall–Kier alpha value is -0.570. The second-order valence-electron chi connectivity index (χ2n) is 5.08. The van der Waals surface area contributed by atoms with Crippen molar-refractivity contribution in [2.24, 2.45) is 11.7 Å². The molecule has 0 fully saturated rings. The van der Waals surface area contributed by atoms with Gasteiger partial charge in [-0.05, 0) is 33.1 Å². The van der Waals surface area contributed by atoms with Crippen LogP contribution in [0.1, 0.15) is 59.8 Å². The standard InChI is InChI=1S/C14H30N2O/c1-5-7-11-16(6-2)14(17)12(3)9-8-10-13(4)15/h12-13H,5-11,15H2,1-4H3. The zero-order valence-electron chi connectivity index (χ0n) is 12.0. The Bertz CT molecular complexity index is 204. The van der Waals surface area contributed by atoms with Gasteiger partial charge in [0, 0.05) is 25.0 Å². The molecule has 0 heterocycles. The Morgan fingerprint density at radius 3 is 2.29 bits per heavy atom. The summed E-state index contributed by atoms with van der Waals surface area (Å²) in [7, 11) is 0. The van der Waals surface area contributed by atoms with Crippen LogP contribution in [0.2, 0.25) is 0 Å². The maximum atomic E-state index is 12.2. The highest BCUT2D eigenvalue weighted by molar-refractivity contribution is 5.78. The van der Waals surface area contributed by atoms with Gasteiger partial charge < -0.3 is 10.6 Å². The van der Waals surface area contributed by atoms with Gasteiger partial charge in [0.25, 0.3) is 0 Å². The lowest BCUT2D eigenvalue weighted by atomic mass is 10.0. The summed E-state index contributed by atoms with van der Waals surface area (Å²) >= 11 is 0. The Labute approximate surface area is 107 Å². The van der Waals surface area contributed by atoms with Crippen LogP contribution in [-0.4, -0.2) is 29.9 Å². The molecule has 0 radical (unpaired) electrons. The summed E-state index contributed by atoms with van der Waals surface area (Å²) in [6.45, 7) is 10.0. The topological polar surface area (TPSA) is 46.3 Å². The maximum Gasteiger partial charge on any atom is 0.225 e. The van der Waals surface area contributed by atoms with Crippen LogP contribution in [0, 0.1) is 5.92 Å². The fourth-order valence-corrected chi connectivity index (χ4v) is 1.95. The molecular formula is C14H30N2O. The monoisotopic (exact) mass is 242 g/mol. The molecule has 0 spiro atoms. The van der Waals surface area contributed by atoms with Crippen molar-refractivity contribution in [2.75, 3.05) is 13.1 Å². The van der Waals surface area contributed by atoms with E-state index in [1.54, 1.807) is 0 Å². The van der Waals surface area contributed by atoms with E-state index in [1.165, 1.54) is 0 Å². The molecule has 0 rings (SSSR count). The first-order chi connectivity index (χ1) is 8.02. The number of hydrogen-bond donors (Lipinski definition) is 1. The van der Waals surface area contributed by atoms with E-state index >= 15 is 0 Å². The highest BCUT2D eigenvalue weighted by Gasteiger charge is 2.18. The first kappa shape index (κ1) is 16.4. The lowest BCUT2D eigenvalue weighted by Crippen LogP contribution is -2.35. The van der Waals surface area contributed by atoms with Gasteiger partial charge in [0.2, 0.25) is 5.91 Å². The highest BCUT2D eigenvalue weighted by atomic mass is 16.2. The molecule has 3 heteroatoms. The molecule has 0 saturated carbocycles. The average molecular weight is 242 g/mol. The molecule has 0 aliphatic heterocycles. The zero-order valence-corrected chi connectivity index (χ0v) is 12.0. The molecule has 2 unspecified atom stereocenters. The van der Waals surface area contributed by atoms with Gasteiger partial charge in [-0.15, -0.1) is 0 Å². The van der Waals surface area contributed by atoms with E-state index in [0.717, 1.165) is 45.2 Å². The fraction of sp³-hybridized carbons (Fsp3) is 0.929. The molecule has 3 nitrogen and oxygen atoms in total. The van der Waals surface area contributed by atoms with E-state index in [1.807, 2.05) is 18.7 Å². The fourth-order valence-electron chi connectivity index (χ4n) is 1.95. The molecule has 0 aromatic carbocycles. The number of carbonyl (C=O) groups excluding carboxylic acids is 1. The third kappa shape index (κ3) is 7.37. The van der Waals surface area contributed by atoms with Gasteiger partial charge in [-0.3, -0.25) is 4.79 Å². The summed E-state index contributed by atoms with van der Waals surface area (Å²) in [6, 6.07) is 0.250. The van der Waals surface area contributed by atoms with Gasteiger partial charge in [-0.1, -0.05) is 26.7 Å². The predicted molar refractivity (Wildman–Crippen MR) is 73.8 cm³/mol. The molecule has 0 aliphatic rings. The first-order valence-electron chi connectivity index (χ1n) is 7.07. The van der Waals surface area contributed by atoms with E-state index in [9.17, 15) is 4.79 Å². The van der Waals surface area contributed by atoms with Crippen molar-refractivity contribution in [1.82, 2.24) is 4.90 Å². The predicted octanol–water partition coefficient (Wildman–Crippen LogP) is 2.79. The number of amides is 1. The lowest BCUT2D eigenvalue weighted by Gasteiger charge is -2.24. The number of nitrogens with two attached hydrogens (primary N) is 1. The van der Waals surface area contributed by atoms with Gasteiger partial charge in [0.15, 0.2) is 0 Å². The van der Waals surface area contributed by atoms with Gasteiger partial charge in [-0.25, -0.2) is 0 Å².